The average molecular weight is 270 g/mol. The van der Waals surface area contributed by atoms with E-state index in [9.17, 15) is 0 Å². The van der Waals surface area contributed by atoms with Gasteiger partial charge in [0.2, 0.25) is 0 Å². The minimum absolute atomic E-state index is 0.369. The normalized spacial score (nSPS) is 12.0. The average Bonchev–Trinajstić information content (AvgIpc) is 2.42. The van der Waals surface area contributed by atoms with Gasteiger partial charge in [0.05, 0.1) is 16.8 Å². The maximum Gasteiger partial charge on any atom is 0.101 e. The van der Waals surface area contributed by atoms with E-state index in [-0.39, 0.29) is 0 Å². The van der Waals surface area contributed by atoms with Crippen molar-refractivity contribution in [3.05, 3.63) is 29.3 Å². The van der Waals surface area contributed by atoms with Crippen molar-refractivity contribution in [2.24, 2.45) is 5.92 Å². The molecule has 0 aliphatic heterocycles. The van der Waals surface area contributed by atoms with Crippen LogP contribution in [0.15, 0.2) is 18.2 Å². The summed E-state index contributed by atoms with van der Waals surface area (Å²) >= 11 is 0. The van der Waals surface area contributed by atoms with Crippen LogP contribution >= 0.6 is 0 Å². The molecule has 1 atom stereocenters. The molecule has 0 saturated carbocycles. The molecule has 0 radical (unpaired) electrons. The standard InChI is InChI=1S/C16H22N4/c1-12(2)8-15(20(3)4)11-19-16-13(9-17)6-5-7-14(16)10-18/h5-7,12,15,19H,8,11H2,1-4H3. The van der Waals surface area contributed by atoms with Gasteiger partial charge in [-0.15, -0.1) is 0 Å². The van der Waals surface area contributed by atoms with Gasteiger partial charge < -0.3 is 10.2 Å². The predicted octanol–water partition coefficient (Wildman–Crippen LogP) is 2.82. The summed E-state index contributed by atoms with van der Waals surface area (Å²) in [6.45, 7) is 5.11. The van der Waals surface area contributed by atoms with Crippen molar-refractivity contribution in [1.29, 1.82) is 10.5 Å². The molecule has 0 aliphatic rings. The SMILES string of the molecule is CC(C)CC(CNc1c(C#N)cccc1C#N)N(C)C. The molecule has 0 spiro atoms. The molecule has 0 saturated heterocycles. The van der Waals surface area contributed by atoms with Crippen molar-refractivity contribution >= 4 is 5.69 Å². The Balaban J connectivity index is 2.88. The number of para-hydroxylation sites is 1. The maximum absolute atomic E-state index is 9.15. The van der Waals surface area contributed by atoms with E-state index in [2.05, 4.69) is 50.3 Å². The Morgan fingerprint density at radius 2 is 1.70 bits per heavy atom. The second-order valence-electron chi connectivity index (χ2n) is 5.58. The van der Waals surface area contributed by atoms with E-state index in [4.69, 9.17) is 10.5 Å². The zero-order valence-corrected chi connectivity index (χ0v) is 12.6. The number of likely N-dealkylation sites (N-methyl/N-ethyl adjacent to an activating group) is 1. The zero-order chi connectivity index (χ0) is 15.1. The Morgan fingerprint density at radius 3 is 2.10 bits per heavy atom. The lowest BCUT2D eigenvalue weighted by Gasteiger charge is -2.27. The molecule has 20 heavy (non-hydrogen) atoms. The van der Waals surface area contributed by atoms with Crippen molar-refractivity contribution in [3.8, 4) is 12.1 Å². The van der Waals surface area contributed by atoms with E-state index < -0.39 is 0 Å². The van der Waals surface area contributed by atoms with E-state index in [1.165, 1.54) is 0 Å². The number of nitrogens with zero attached hydrogens (tertiary/aromatic N) is 3. The molecule has 0 aliphatic carbocycles. The van der Waals surface area contributed by atoms with Crippen molar-refractivity contribution in [2.75, 3.05) is 26.0 Å². The van der Waals surface area contributed by atoms with Gasteiger partial charge in [0.15, 0.2) is 0 Å². The first kappa shape index (κ1) is 16.0. The molecule has 1 aromatic rings. The van der Waals surface area contributed by atoms with Gasteiger partial charge >= 0.3 is 0 Å². The lowest BCUT2D eigenvalue weighted by molar-refractivity contribution is 0.266. The van der Waals surface area contributed by atoms with Crippen molar-refractivity contribution in [2.45, 2.75) is 26.3 Å². The van der Waals surface area contributed by atoms with Gasteiger partial charge in [-0.1, -0.05) is 19.9 Å². The van der Waals surface area contributed by atoms with Crippen LogP contribution in [-0.2, 0) is 0 Å². The summed E-state index contributed by atoms with van der Waals surface area (Å²) in [5.41, 5.74) is 1.69. The minimum atomic E-state index is 0.369. The third-order valence-corrected chi connectivity index (χ3v) is 3.29. The van der Waals surface area contributed by atoms with E-state index in [0.29, 0.717) is 28.8 Å². The second kappa shape index (κ2) is 7.53. The van der Waals surface area contributed by atoms with Crippen LogP contribution < -0.4 is 5.32 Å². The van der Waals surface area contributed by atoms with Gasteiger partial charge in [-0.3, -0.25) is 0 Å². The molecule has 0 heterocycles. The van der Waals surface area contributed by atoms with Gasteiger partial charge in [0.25, 0.3) is 0 Å². The number of anilines is 1. The Labute approximate surface area is 121 Å². The highest BCUT2D eigenvalue weighted by atomic mass is 15.1. The van der Waals surface area contributed by atoms with E-state index in [0.717, 1.165) is 13.0 Å². The molecule has 0 aromatic heterocycles. The predicted molar refractivity (Wildman–Crippen MR) is 81.3 cm³/mol. The number of hydrogen-bond acceptors (Lipinski definition) is 4. The van der Waals surface area contributed by atoms with Crippen LogP contribution in [0.1, 0.15) is 31.4 Å². The summed E-state index contributed by atoms with van der Waals surface area (Å²) in [7, 11) is 4.10. The molecule has 4 heteroatoms. The molecule has 1 unspecified atom stereocenters. The fourth-order valence-corrected chi connectivity index (χ4v) is 2.17. The molecule has 1 rings (SSSR count). The van der Waals surface area contributed by atoms with E-state index >= 15 is 0 Å². The lowest BCUT2D eigenvalue weighted by atomic mass is 10.0. The first-order valence-electron chi connectivity index (χ1n) is 6.83. The fraction of sp³-hybridized carbons (Fsp3) is 0.500. The topological polar surface area (TPSA) is 62.9 Å². The molecule has 1 aromatic carbocycles. The Kier molecular flexibility index (Phi) is 6.03. The molecule has 1 N–H and O–H groups in total. The van der Waals surface area contributed by atoms with Gasteiger partial charge in [0, 0.05) is 12.6 Å². The van der Waals surface area contributed by atoms with Gasteiger partial charge in [-0.05, 0) is 38.6 Å². The summed E-state index contributed by atoms with van der Waals surface area (Å²) in [6.07, 6.45) is 1.07. The summed E-state index contributed by atoms with van der Waals surface area (Å²) in [6, 6.07) is 9.84. The largest absolute Gasteiger partial charge is 0.381 e. The lowest BCUT2D eigenvalue weighted by Crippen LogP contribution is -2.35. The monoisotopic (exact) mass is 270 g/mol. The maximum atomic E-state index is 9.15. The van der Waals surface area contributed by atoms with E-state index in [1.54, 1.807) is 18.2 Å². The van der Waals surface area contributed by atoms with Gasteiger partial charge in [-0.25, -0.2) is 0 Å². The third-order valence-electron chi connectivity index (χ3n) is 3.29. The molecule has 0 bridgehead atoms. The highest BCUT2D eigenvalue weighted by molar-refractivity contribution is 5.66. The Bertz CT molecular complexity index is 488. The highest BCUT2D eigenvalue weighted by Crippen LogP contribution is 2.20. The van der Waals surface area contributed by atoms with Crippen molar-refractivity contribution in [1.82, 2.24) is 4.90 Å². The first-order chi connectivity index (χ1) is 9.49. The summed E-state index contributed by atoms with van der Waals surface area (Å²) in [5, 5.41) is 21.6. The molecule has 4 nitrogen and oxygen atoms in total. The summed E-state index contributed by atoms with van der Waals surface area (Å²) < 4.78 is 0. The molecular formula is C16H22N4. The first-order valence-corrected chi connectivity index (χ1v) is 6.83. The second-order valence-corrected chi connectivity index (χ2v) is 5.58. The van der Waals surface area contributed by atoms with Crippen LogP contribution in [0.3, 0.4) is 0 Å². The van der Waals surface area contributed by atoms with Crippen LogP contribution in [0, 0.1) is 28.6 Å². The number of benzene rings is 1. The highest BCUT2D eigenvalue weighted by Gasteiger charge is 2.15. The fourth-order valence-electron chi connectivity index (χ4n) is 2.17. The van der Waals surface area contributed by atoms with Crippen LogP contribution in [-0.4, -0.2) is 31.6 Å². The van der Waals surface area contributed by atoms with E-state index in [1.807, 2.05) is 0 Å². The third kappa shape index (κ3) is 4.26. The number of nitrogens with one attached hydrogen (secondary N) is 1. The minimum Gasteiger partial charge on any atom is -0.381 e. The zero-order valence-electron chi connectivity index (χ0n) is 12.6. The van der Waals surface area contributed by atoms with Crippen LogP contribution in [0.25, 0.3) is 0 Å². The number of hydrogen-bond donors (Lipinski definition) is 1. The quantitative estimate of drug-likeness (QED) is 0.863. The number of rotatable bonds is 6. The van der Waals surface area contributed by atoms with Crippen molar-refractivity contribution in [3.63, 3.8) is 0 Å². The Morgan fingerprint density at radius 1 is 1.15 bits per heavy atom. The summed E-state index contributed by atoms with van der Waals surface area (Å²) in [5.74, 6) is 0.603. The van der Waals surface area contributed by atoms with Crippen LogP contribution in [0.2, 0.25) is 0 Å². The van der Waals surface area contributed by atoms with Crippen LogP contribution in [0.5, 0.6) is 0 Å². The number of nitriles is 2. The smallest absolute Gasteiger partial charge is 0.101 e. The summed E-state index contributed by atoms with van der Waals surface area (Å²) in [4.78, 5) is 2.17. The van der Waals surface area contributed by atoms with Gasteiger partial charge in [-0.2, -0.15) is 10.5 Å². The van der Waals surface area contributed by atoms with Crippen LogP contribution in [0.4, 0.5) is 5.69 Å². The molecule has 106 valence electrons. The van der Waals surface area contributed by atoms with Gasteiger partial charge in [0.1, 0.15) is 12.1 Å². The molecule has 0 fully saturated rings. The Hall–Kier alpha value is -2.04. The molecule has 0 amide bonds. The van der Waals surface area contributed by atoms with Crippen molar-refractivity contribution < 1.29 is 0 Å². The molecular weight excluding hydrogens is 248 g/mol.